The van der Waals surface area contributed by atoms with Crippen molar-refractivity contribution in [1.29, 1.82) is 5.26 Å². The van der Waals surface area contributed by atoms with E-state index in [1.165, 1.54) is 0 Å². The van der Waals surface area contributed by atoms with Gasteiger partial charge in [-0.15, -0.1) is 0 Å². The number of amides is 2. The van der Waals surface area contributed by atoms with Crippen LogP contribution in [0.2, 0.25) is 0 Å². The molecule has 7 heteroatoms. The molecule has 2 unspecified atom stereocenters. The summed E-state index contributed by atoms with van der Waals surface area (Å²) in [6.45, 7) is 0. The predicted octanol–water partition coefficient (Wildman–Crippen LogP) is 4.70. The van der Waals surface area contributed by atoms with Gasteiger partial charge in [-0.25, -0.2) is 0 Å². The van der Waals surface area contributed by atoms with E-state index in [0.717, 1.165) is 5.56 Å². The van der Waals surface area contributed by atoms with Gasteiger partial charge in [0.25, 0.3) is 0 Å². The standard InChI is InChI=1S/C27H25N3O4/c1-33-21-13-11-20(12-14-21)30-25(31)16-15-23(26(30)22-5-3-4-6-24(22)34-2)27(32)29-19-9-7-18(17-28)8-10-19/h3-14,23,26H,15-16H2,1-2H3,(H,29,32). The molecule has 172 valence electrons. The number of nitrogens with zero attached hydrogens (tertiary/aromatic N) is 2. The number of piperidine rings is 1. The number of ether oxygens (including phenoxy) is 2. The smallest absolute Gasteiger partial charge is 0.229 e. The molecule has 0 spiro atoms. The normalized spacial score (nSPS) is 17.6. The van der Waals surface area contributed by atoms with Gasteiger partial charge in [0.05, 0.1) is 37.8 Å². The summed E-state index contributed by atoms with van der Waals surface area (Å²) in [4.78, 5) is 28.4. The first-order valence-corrected chi connectivity index (χ1v) is 11.0. The second kappa shape index (κ2) is 10.1. The molecule has 0 aromatic heterocycles. The zero-order valence-electron chi connectivity index (χ0n) is 19.0. The molecule has 1 saturated heterocycles. The third-order valence-corrected chi connectivity index (χ3v) is 6.02. The second-order valence-corrected chi connectivity index (χ2v) is 7.97. The van der Waals surface area contributed by atoms with Gasteiger partial charge in [-0.2, -0.15) is 5.26 Å². The number of methoxy groups -OCH3 is 2. The lowest BCUT2D eigenvalue weighted by Gasteiger charge is -2.41. The van der Waals surface area contributed by atoms with E-state index in [0.29, 0.717) is 34.9 Å². The molecule has 1 heterocycles. The van der Waals surface area contributed by atoms with Crippen LogP contribution in [0.25, 0.3) is 0 Å². The molecule has 3 aromatic rings. The minimum Gasteiger partial charge on any atom is -0.497 e. The molecule has 2 amide bonds. The van der Waals surface area contributed by atoms with Crippen LogP contribution < -0.4 is 19.7 Å². The molecule has 1 fully saturated rings. The fourth-order valence-corrected chi connectivity index (χ4v) is 4.34. The van der Waals surface area contributed by atoms with Crippen LogP contribution in [-0.4, -0.2) is 26.0 Å². The van der Waals surface area contributed by atoms with E-state index in [1.807, 2.05) is 36.4 Å². The number of rotatable bonds is 6. The van der Waals surface area contributed by atoms with Crippen molar-refractivity contribution in [3.63, 3.8) is 0 Å². The Kier molecular flexibility index (Phi) is 6.79. The minimum atomic E-state index is -0.566. The molecule has 0 aliphatic carbocycles. The molecule has 3 aromatic carbocycles. The van der Waals surface area contributed by atoms with E-state index in [-0.39, 0.29) is 18.2 Å². The van der Waals surface area contributed by atoms with E-state index < -0.39 is 12.0 Å². The SMILES string of the molecule is COc1ccc(N2C(=O)CCC(C(=O)Nc3ccc(C#N)cc3)C2c2ccccc2OC)cc1. The summed E-state index contributed by atoms with van der Waals surface area (Å²) in [6, 6.07) is 22.9. The van der Waals surface area contributed by atoms with Crippen LogP contribution >= 0.6 is 0 Å². The van der Waals surface area contributed by atoms with E-state index in [1.54, 1.807) is 55.5 Å². The molecule has 4 rings (SSSR count). The predicted molar refractivity (Wildman–Crippen MR) is 129 cm³/mol. The van der Waals surface area contributed by atoms with Gasteiger partial charge in [0.15, 0.2) is 0 Å². The largest absolute Gasteiger partial charge is 0.497 e. The molecule has 34 heavy (non-hydrogen) atoms. The maximum absolute atomic E-state index is 13.5. The van der Waals surface area contributed by atoms with Crippen molar-refractivity contribution in [3.8, 4) is 17.6 Å². The molecular formula is C27H25N3O4. The highest BCUT2D eigenvalue weighted by Gasteiger charge is 2.42. The first-order valence-electron chi connectivity index (χ1n) is 11.0. The number of nitriles is 1. The first kappa shape index (κ1) is 22.9. The van der Waals surface area contributed by atoms with Gasteiger partial charge in [0.2, 0.25) is 11.8 Å². The topological polar surface area (TPSA) is 91.7 Å². The van der Waals surface area contributed by atoms with Crippen molar-refractivity contribution in [1.82, 2.24) is 0 Å². The fraction of sp³-hybridized carbons (Fsp3) is 0.222. The van der Waals surface area contributed by atoms with Crippen molar-refractivity contribution < 1.29 is 19.1 Å². The van der Waals surface area contributed by atoms with Crippen molar-refractivity contribution in [2.24, 2.45) is 5.92 Å². The highest BCUT2D eigenvalue weighted by Crippen LogP contribution is 2.43. The molecule has 1 aliphatic heterocycles. The molecule has 1 aliphatic rings. The summed E-state index contributed by atoms with van der Waals surface area (Å²) >= 11 is 0. The summed E-state index contributed by atoms with van der Waals surface area (Å²) in [7, 11) is 3.16. The number of para-hydroxylation sites is 1. The Hall–Kier alpha value is -4.31. The monoisotopic (exact) mass is 455 g/mol. The molecule has 0 radical (unpaired) electrons. The first-order chi connectivity index (χ1) is 16.5. The number of carbonyl (C=O) groups is 2. The van der Waals surface area contributed by atoms with E-state index in [2.05, 4.69) is 11.4 Å². The summed E-state index contributed by atoms with van der Waals surface area (Å²) in [5.74, 6) is 0.496. The minimum absolute atomic E-state index is 0.0662. The zero-order valence-corrected chi connectivity index (χ0v) is 19.0. The quantitative estimate of drug-likeness (QED) is 0.582. The third kappa shape index (κ3) is 4.57. The number of benzene rings is 3. The highest BCUT2D eigenvalue weighted by atomic mass is 16.5. The van der Waals surface area contributed by atoms with Crippen molar-refractivity contribution in [3.05, 3.63) is 83.9 Å². The number of nitrogens with one attached hydrogen (secondary N) is 1. The molecule has 7 nitrogen and oxygen atoms in total. The average Bonchev–Trinajstić information content (AvgIpc) is 2.89. The molecular weight excluding hydrogens is 430 g/mol. The Morgan fingerprint density at radius 2 is 1.71 bits per heavy atom. The van der Waals surface area contributed by atoms with Crippen LogP contribution in [0.4, 0.5) is 11.4 Å². The van der Waals surface area contributed by atoms with Gasteiger partial charge in [0, 0.05) is 23.4 Å². The number of carbonyl (C=O) groups excluding carboxylic acids is 2. The maximum atomic E-state index is 13.5. The Bertz CT molecular complexity index is 1220. The lowest BCUT2D eigenvalue weighted by atomic mass is 9.82. The number of hydrogen-bond donors (Lipinski definition) is 1. The van der Waals surface area contributed by atoms with Crippen LogP contribution in [0.1, 0.15) is 30.0 Å². The molecule has 0 bridgehead atoms. The fourth-order valence-electron chi connectivity index (χ4n) is 4.34. The maximum Gasteiger partial charge on any atom is 0.229 e. The lowest BCUT2D eigenvalue weighted by Crippen LogP contribution is -2.47. The Labute approximate surface area is 198 Å². The highest BCUT2D eigenvalue weighted by molar-refractivity contribution is 6.00. The summed E-state index contributed by atoms with van der Waals surface area (Å²) < 4.78 is 10.9. The van der Waals surface area contributed by atoms with E-state index >= 15 is 0 Å². The average molecular weight is 456 g/mol. The zero-order chi connectivity index (χ0) is 24.1. The van der Waals surface area contributed by atoms with Crippen LogP contribution in [-0.2, 0) is 9.59 Å². The van der Waals surface area contributed by atoms with Crippen molar-refractivity contribution in [2.45, 2.75) is 18.9 Å². The Morgan fingerprint density at radius 1 is 1.00 bits per heavy atom. The van der Waals surface area contributed by atoms with Crippen LogP contribution in [0.15, 0.2) is 72.8 Å². The summed E-state index contributed by atoms with van der Waals surface area (Å²) in [5.41, 5.74) is 2.54. The van der Waals surface area contributed by atoms with Gasteiger partial charge in [-0.1, -0.05) is 18.2 Å². The number of anilines is 2. The van der Waals surface area contributed by atoms with Crippen LogP contribution in [0.3, 0.4) is 0 Å². The third-order valence-electron chi connectivity index (χ3n) is 6.02. The van der Waals surface area contributed by atoms with Gasteiger partial charge < -0.3 is 19.7 Å². The van der Waals surface area contributed by atoms with Gasteiger partial charge in [0.1, 0.15) is 11.5 Å². The van der Waals surface area contributed by atoms with Crippen LogP contribution in [0, 0.1) is 17.2 Å². The molecule has 0 saturated carbocycles. The molecule has 1 N–H and O–H groups in total. The van der Waals surface area contributed by atoms with Gasteiger partial charge >= 0.3 is 0 Å². The Morgan fingerprint density at radius 3 is 2.35 bits per heavy atom. The van der Waals surface area contributed by atoms with Gasteiger partial charge in [-0.3, -0.25) is 9.59 Å². The Balaban J connectivity index is 1.75. The van der Waals surface area contributed by atoms with Crippen LogP contribution in [0.5, 0.6) is 11.5 Å². The van der Waals surface area contributed by atoms with Gasteiger partial charge in [-0.05, 0) is 61.0 Å². The summed E-state index contributed by atoms with van der Waals surface area (Å²) in [6.07, 6.45) is 0.638. The van der Waals surface area contributed by atoms with E-state index in [9.17, 15) is 9.59 Å². The summed E-state index contributed by atoms with van der Waals surface area (Å²) in [5, 5.41) is 12.0. The number of hydrogen-bond acceptors (Lipinski definition) is 5. The van der Waals surface area contributed by atoms with Crippen molar-refractivity contribution >= 4 is 23.2 Å². The van der Waals surface area contributed by atoms with E-state index in [4.69, 9.17) is 14.7 Å². The second-order valence-electron chi connectivity index (χ2n) is 7.97. The molecule has 2 atom stereocenters. The van der Waals surface area contributed by atoms with Crippen molar-refractivity contribution in [2.75, 3.05) is 24.4 Å². The lowest BCUT2D eigenvalue weighted by molar-refractivity contribution is -0.125.